The molecule has 1 fully saturated rings. The number of nitrogens with zero attached hydrogens (tertiary/aromatic N) is 1. The number of nitrogens with one attached hydrogen (secondary N) is 1. The molecule has 138 valence electrons. The van der Waals surface area contributed by atoms with E-state index in [2.05, 4.69) is 5.32 Å². The van der Waals surface area contributed by atoms with Crippen molar-refractivity contribution >= 4 is 11.8 Å². The van der Waals surface area contributed by atoms with Crippen LogP contribution in [0.4, 0.5) is 0 Å². The quantitative estimate of drug-likeness (QED) is 0.826. The highest BCUT2D eigenvalue weighted by molar-refractivity contribution is 5.82. The van der Waals surface area contributed by atoms with Crippen molar-refractivity contribution in [2.45, 2.75) is 46.8 Å². The van der Waals surface area contributed by atoms with E-state index in [4.69, 9.17) is 4.74 Å². The van der Waals surface area contributed by atoms with Crippen molar-refractivity contribution in [1.82, 2.24) is 10.2 Å². The highest BCUT2D eigenvalue weighted by Gasteiger charge is 2.29. The summed E-state index contributed by atoms with van der Waals surface area (Å²) in [6.07, 6.45) is 1.74. The lowest BCUT2D eigenvalue weighted by Gasteiger charge is -2.33. The number of hydrogen-bond acceptors (Lipinski definition) is 3. The third kappa shape index (κ3) is 5.85. The van der Waals surface area contributed by atoms with E-state index in [0.29, 0.717) is 26.3 Å². The number of carbonyl (C=O) groups is 2. The number of likely N-dealkylation sites (tertiary alicyclic amines) is 1. The van der Waals surface area contributed by atoms with Gasteiger partial charge in [0.15, 0.2) is 0 Å². The first-order chi connectivity index (χ1) is 12.0. The van der Waals surface area contributed by atoms with E-state index in [1.165, 1.54) is 0 Å². The second kappa shape index (κ2) is 9.56. The van der Waals surface area contributed by atoms with E-state index in [9.17, 15) is 9.59 Å². The molecule has 0 aliphatic carbocycles. The standard InChI is InChI=1S/C20H30N2O3/c1-4-25-14-17-9-7-16(8-10-17)12-21-19(23)18-6-5-11-22(13-18)20(24)15(2)3/h7-10,15,18H,4-6,11-14H2,1-3H3,(H,21,23). The van der Waals surface area contributed by atoms with Crippen LogP contribution in [0.1, 0.15) is 44.7 Å². The molecule has 0 spiro atoms. The number of amides is 2. The zero-order valence-corrected chi connectivity index (χ0v) is 15.6. The van der Waals surface area contributed by atoms with Gasteiger partial charge in [-0.3, -0.25) is 9.59 Å². The van der Waals surface area contributed by atoms with Gasteiger partial charge in [-0.15, -0.1) is 0 Å². The molecular formula is C20H30N2O3. The predicted molar refractivity (Wildman–Crippen MR) is 97.8 cm³/mol. The number of benzene rings is 1. The maximum absolute atomic E-state index is 12.4. The molecule has 0 aromatic heterocycles. The van der Waals surface area contributed by atoms with Crippen LogP contribution < -0.4 is 5.32 Å². The minimum Gasteiger partial charge on any atom is -0.377 e. The van der Waals surface area contributed by atoms with Crippen molar-refractivity contribution in [3.8, 4) is 0 Å². The molecule has 0 saturated carbocycles. The van der Waals surface area contributed by atoms with Gasteiger partial charge in [0, 0.05) is 32.2 Å². The Balaban J connectivity index is 1.82. The lowest BCUT2D eigenvalue weighted by atomic mass is 9.96. The largest absolute Gasteiger partial charge is 0.377 e. The lowest BCUT2D eigenvalue weighted by molar-refractivity contribution is -0.138. The van der Waals surface area contributed by atoms with Crippen molar-refractivity contribution in [2.24, 2.45) is 11.8 Å². The van der Waals surface area contributed by atoms with E-state index in [-0.39, 0.29) is 23.7 Å². The average molecular weight is 346 g/mol. The van der Waals surface area contributed by atoms with Gasteiger partial charge in [-0.25, -0.2) is 0 Å². The van der Waals surface area contributed by atoms with E-state index >= 15 is 0 Å². The zero-order chi connectivity index (χ0) is 18.2. The molecule has 1 unspecified atom stereocenters. The van der Waals surface area contributed by atoms with Gasteiger partial charge in [0.1, 0.15) is 0 Å². The Bertz CT molecular complexity index is 569. The Hall–Kier alpha value is -1.88. The van der Waals surface area contributed by atoms with Crippen LogP contribution in [0, 0.1) is 11.8 Å². The van der Waals surface area contributed by atoms with Crippen LogP contribution in [0.25, 0.3) is 0 Å². The molecule has 25 heavy (non-hydrogen) atoms. The van der Waals surface area contributed by atoms with Crippen molar-refractivity contribution in [3.05, 3.63) is 35.4 Å². The summed E-state index contributed by atoms with van der Waals surface area (Å²) < 4.78 is 5.38. The van der Waals surface area contributed by atoms with E-state index in [1.807, 2.05) is 49.9 Å². The fourth-order valence-corrected chi connectivity index (χ4v) is 3.06. The molecule has 1 aromatic carbocycles. The molecule has 2 amide bonds. The molecule has 1 aliphatic rings. The van der Waals surface area contributed by atoms with Gasteiger partial charge in [-0.1, -0.05) is 38.1 Å². The summed E-state index contributed by atoms with van der Waals surface area (Å²) in [5, 5.41) is 3.01. The summed E-state index contributed by atoms with van der Waals surface area (Å²) in [6, 6.07) is 8.09. The average Bonchev–Trinajstić information content (AvgIpc) is 2.64. The first-order valence-corrected chi connectivity index (χ1v) is 9.23. The normalized spacial score (nSPS) is 17.6. The molecule has 5 heteroatoms. The van der Waals surface area contributed by atoms with Crippen LogP contribution >= 0.6 is 0 Å². The van der Waals surface area contributed by atoms with E-state index < -0.39 is 0 Å². The van der Waals surface area contributed by atoms with Crippen LogP contribution in [0.2, 0.25) is 0 Å². The summed E-state index contributed by atoms with van der Waals surface area (Å²) in [7, 11) is 0. The Kier molecular flexibility index (Phi) is 7.44. The summed E-state index contributed by atoms with van der Waals surface area (Å²) in [5.74, 6) is 0.0627. The topological polar surface area (TPSA) is 58.6 Å². The number of piperidine rings is 1. The Morgan fingerprint density at radius 1 is 1.24 bits per heavy atom. The van der Waals surface area contributed by atoms with Crippen LogP contribution in [-0.2, 0) is 27.5 Å². The van der Waals surface area contributed by atoms with Crippen molar-refractivity contribution in [1.29, 1.82) is 0 Å². The van der Waals surface area contributed by atoms with Crippen LogP contribution in [0.5, 0.6) is 0 Å². The van der Waals surface area contributed by atoms with Gasteiger partial charge in [0.05, 0.1) is 12.5 Å². The molecule has 1 N–H and O–H groups in total. The number of hydrogen-bond donors (Lipinski definition) is 1. The van der Waals surface area contributed by atoms with Gasteiger partial charge in [-0.2, -0.15) is 0 Å². The molecule has 1 heterocycles. The van der Waals surface area contributed by atoms with Crippen molar-refractivity contribution in [3.63, 3.8) is 0 Å². The second-order valence-corrected chi connectivity index (χ2v) is 6.95. The van der Waals surface area contributed by atoms with E-state index in [1.54, 1.807) is 0 Å². The Morgan fingerprint density at radius 3 is 2.56 bits per heavy atom. The number of ether oxygens (including phenoxy) is 1. The zero-order valence-electron chi connectivity index (χ0n) is 15.6. The molecule has 1 saturated heterocycles. The number of carbonyl (C=O) groups excluding carboxylic acids is 2. The molecule has 1 atom stereocenters. The van der Waals surface area contributed by atoms with Gasteiger partial charge in [0.2, 0.25) is 11.8 Å². The van der Waals surface area contributed by atoms with Gasteiger partial charge >= 0.3 is 0 Å². The lowest BCUT2D eigenvalue weighted by Crippen LogP contribution is -2.46. The Labute approximate surface area is 150 Å². The first kappa shape index (κ1) is 19.4. The molecule has 2 rings (SSSR count). The fraction of sp³-hybridized carbons (Fsp3) is 0.600. The smallest absolute Gasteiger partial charge is 0.225 e. The van der Waals surface area contributed by atoms with Crippen molar-refractivity contribution < 1.29 is 14.3 Å². The first-order valence-electron chi connectivity index (χ1n) is 9.23. The minimum atomic E-state index is -0.103. The molecule has 5 nitrogen and oxygen atoms in total. The minimum absolute atomic E-state index is 0.0167. The molecular weight excluding hydrogens is 316 g/mol. The summed E-state index contributed by atoms with van der Waals surface area (Å²) in [5.41, 5.74) is 2.20. The van der Waals surface area contributed by atoms with Gasteiger partial charge in [-0.05, 0) is 30.9 Å². The monoisotopic (exact) mass is 346 g/mol. The molecule has 0 radical (unpaired) electrons. The third-order valence-electron chi connectivity index (χ3n) is 4.56. The van der Waals surface area contributed by atoms with Gasteiger partial charge in [0.25, 0.3) is 0 Å². The van der Waals surface area contributed by atoms with E-state index in [0.717, 1.165) is 30.5 Å². The summed E-state index contributed by atoms with van der Waals surface area (Å²) >= 11 is 0. The summed E-state index contributed by atoms with van der Waals surface area (Å²) in [4.78, 5) is 26.4. The van der Waals surface area contributed by atoms with Crippen LogP contribution in [0.15, 0.2) is 24.3 Å². The summed E-state index contributed by atoms with van der Waals surface area (Å²) in [6.45, 7) is 8.93. The highest BCUT2D eigenvalue weighted by Crippen LogP contribution is 2.18. The van der Waals surface area contributed by atoms with Crippen LogP contribution in [0.3, 0.4) is 0 Å². The highest BCUT2D eigenvalue weighted by atomic mass is 16.5. The maximum atomic E-state index is 12.4. The number of rotatable bonds is 7. The fourth-order valence-electron chi connectivity index (χ4n) is 3.06. The maximum Gasteiger partial charge on any atom is 0.225 e. The van der Waals surface area contributed by atoms with Gasteiger partial charge < -0.3 is 15.0 Å². The third-order valence-corrected chi connectivity index (χ3v) is 4.56. The SMILES string of the molecule is CCOCc1ccc(CNC(=O)C2CCCN(C(=O)C(C)C)C2)cc1. The Morgan fingerprint density at radius 2 is 1.92 bits per heavy atom. The predicted octanol–water partition coefficient (Wildman–Crippen LogP) is 2.73. The molecule has 1 aromatic rings. The second-order valence-electron chi connectivity index (χ2n) is 6.95. The van der Waals surface area contributed by atoms with Crippen molar-refractivity contribution in [2.75, 3.05) is 19.7 Å². The van der Waals surface area contributed by atoms with Crippen LogP contribution in [-0.4, -0.2) is 36.4 Å². The molecule has 0 bridgehead atoms. The molecule has 1 aliphatic heterocycles.